The molecular formula is C12H18BrClN2O. The monoisotopic (exact) mass is 320 g/mol. The number of hydrogen-bond acceptors (Lipinski definition) is 2. The van der Waals surface area contributed by atoms with Gasteiger partial charge >= 0.3 is 0 Å². The molecule has 1 rings (SSSR count). The predicted octanol–water partition coefficient (Wildman–Crippen LogP) is 2.47. The Bertz CT molecular complexity index is 365. The number of halogens is 2. The minimum absolute atomic E-state index is 0. The third-order valence-electron chi connectivity index (χ3n) is 2.33. The van der Waals surface area contributed by atoms with Crippen molar-refractivity contribution in [3.05, 3.63) is 33.8 Å². The second-order valence-electron chi connectivity index (χ2n) is 3.85. The maximum absolute atomic E-state index is 12.0. The zero-order valence-electron chi connectivity index (χ0n) is 10.3. The second kappa shape index (κ2) is 7.69. The number of benzene rings is 1. The van der Waals surface area contributed by atoms with Crippen LogP contribution in [-0.4, -0.2) is 38.0 Å². The van der Waals surface area contributed by atoms with Crippen LogP contribution in [0, 0.1) is 6.92 Å². The second-order valence-corrected chi connectivity index (χ2v) is 4.76. The fourth-order valence-corrected chi connectivity index (χ4v) is 2.07. The van der Waals surface area contributed by atoms with Gasteiger partial charge in [-0.25, -0.2) is 0 Å². The molecule has 0 aromatic heterocycles. The number of hydrogen-bond donors (Lipinski definition) is 1. The van der Waals surface area contributed by atoms with Crippen molar-refractivity contribution >= 4 is 34.2 Å². The molecule has 0 fully saturated rings. The fraction of sp³-hybridized carbons (Fsp3) is 0.417. The van der Waals surface area contributed by atoms with E-state index in [1.54, 1.807) is 4.90 Å². The van der Waals surface area contributed by atoms with Gasteiger partial charge in [-0.15, -0.1) is 12.4 Å². The molecule has 0 aliphatic rings. The van der Waals surface area contributed by atoms with Crippen LogP contribution in [0.4, 0.5) is 0 Å². The molecular weight excluding hydrogens is 304 g/mol. The minimum atomic E-state index is 0. The quantitative estimate of drug-likeness (QED) is 0.924. The van der Waals surface area contributed by atoms with E-state index < -0.39 is 0 Å². The summed E-state index contributed by atoms with van der Waals surface area (Å²) in [6.07, 6.45) is 0. The third-order valence-corrected chi connectivity index (χ3v) is 2.79. The largest absolute Gasteiger partial charge is 0.340 e. The number of rotatable bonds is 4. The SMILES string of the molecule is CNCCN(C)C(=O)c1cc(C)cc(Br)c1.Cl. The molecule has 17 heavy (non-hydrogen) atoms. The summed E-state index contributed by atoms with van der Waals surface area (Å²) in [5, 5.41) is 3.02. The van der Waals surface area contributed by atoms with Crippen molar-refractivity contribution in [2.75, 3.05) is 27.2 Å². The van der Waals surface area contributed by atoms with Crippen molar-refractivity contribution in [3.63, 3.8) is 0 Å². The highest BCUT2D eigenvalue weighted by atomic mass is 79.9. The molecule has 1 amide bonds. The van der Waals surface area contributed by atoms with Crippen molar-refractivity contribution in [1.82, 2.24) is 10.2 Å². The zero-order valence-corrected chi connectivity index (χ0v) is 12.7. The molecule has 0 bridgehead atoms. The predicted molar refractivity (Wildman–Crippen MR) is 77.0 cm³/mol. The average molecular weight is 322 g/mol. The minimum Gasteiger partial charge on any atom is -0.340 e. The molecule has 0 heterocycles. The van der Waals surface area contributed by atoms with Gasteiger partial charge in [0.05, 0.1) is 0 Å². The van der Waals surface area contributed by atoms with Gasteiger partial charge in [-0.05, 0) is 37.7 Å². The highest BCUT2D eigenvalue weighted by molar-refractivity contribution is 9.10. The summed E-state index contributed by atoms with van der Waals surface area (Å²) in [5.74, 6) is 0.0552. The van der Waals surface area contributed by atoms with Crippen LogP contribution in [0.5, 0.6) is 0 Å². The Kier molecular flexibility index (Phi) is 7.43. The molecule has 0 aliphatic carbocycles. The van der Waals surface area contributed by atoms with Gasteiger partial charge in [-0.2, -0.15) is 0 Å². The van der Waals surface area contributed by atoms with Crippen molar-refractivity contribution in [2.24, 2.45) is 0 Å². The van der Waals surface area contributed by atoms with Gasteiger partial charge in [-0.1, -0.05) is 15.9 Å². The van der Waals surface area contributed by atoms with Crippen LogP contribution in [0.1, 0.15) is 15.9 Å². The zero-order chi connectivity index (χ0) is 12.1. The summed E-state index contributed by atoms with van der Waals surface area (Å²) in [4.78, 5) is 13.8. The summed E-state index contributed by atoms with van der Waals surface area (Å²) in [6, 6.07) is 5.75. The smallest absolute Gasteiger partial charge is 0.253 e. The maximum atomic E-state index is 12.0. The van der Waals surface area contributed by atoms with Crippen molar-refractivity contribution in [2.45, 2.75) is 6.92 Å². The Hall–Kier alpha value is -0.580. The van der Waals surface area contributed by atoms with Crippen molar-refractivity contribution in [1.29, 1.82) is 0 Å². The van der Waals surface area contributed by atoms with Crippen LogP contribution >= 0.6 is 28.3 Å². The molecule has 0 unspecified atom stereocenters. The number of carbonyl (C=O) groups is 1. The molecule has 5 heteroatoms. The van der Waals surface area contributed by atoms with E-state index in [1.807, 2.05) is 39.2 Å². The lowest BCUT2D eigenvalue weighted by atomic mass is 10.1. The Morgan fingerprint density at radius 1 is 1.41 bits per heavy atom. The lowest BCUT2D eigenvalue weighted by Crippen LogP contribution is -2.32. The van der Waals surface area contributed by atoms with Gasteiger partial charge in [0.1, 0.15) is 0 Å². The van der Waals surface area contributed by atoms with Gasteiger partial charge in [0.25, 0.3) is 5.91 Å². The van der Waals surface area contributed by atoms with E-state index in [0.29, 0.717) is 6.54 Å². The molecule has 1 aromatic rings. The first-order chi connectivity index (χ1) is 7.54. The molecule has 0 spiro atoms. The number of likely N-dealkylation sites (N-methyl/N-ethyl adjacent to an activating group) is 2. The summed E-state index contributed by atoms with van der Waals surface area (Å²) in [5.41, 5.74) is 1.81. The molecule has 1 N–H and O–H groups in total. The lowest BCUT2D eigenvalue weighted by Gasteiger charge is -2.17. The maximum Gasteiger partial charge on any atom is 0.253 e. The number of amides is 1. The van der Waals surface area contributed by atoms with E-state index in [0.717, 1.165) is 22.1 Å². The van der Waals surface area contributed by atoms with Gasteiger partial charge in [0.15, 0.2) is 0 Å². The highest BCUT2D eigenvalue weighted by Crippen LogP contribution is 2.16. The molecule has 0 aliphatic heterocycles. The first kappa shape index (κ1) is 16.4. The van der Waals surface area contributed by atoms with E-state index in [9.17, 15) is 4.79 Å². The van der Waals surface area contributed by atoms with Crippen LogP contribution in [-0.2, 0) is 0 Å². The standard InChI is InChI=1S/C12H17BrN2O.ClH/c1-9-6-10(8-11(13)7-9)12(16)15(3)5-4-14-2;/h6-8,14H,4-5H2,1-3H3;1H. The van der Waals surface area contributed by atoms with Crippen LogP contribution in [0.3, 0.4) is 0 Å². The van der Waals surface area contributed by atoms with Crippen molar-refractivity contribution in [3.8, 4) is 0 Å². The van der Waals surface area contributed by atoms with Crippen LogP contribution in [0.2, 0.25) is 0 Å². The highest BCUT2D eigenvalue weighted by Gasteiger charge is 2.11. The van der Waals surface area contributed by atoms with E-state index in [1.165, 1.54) is 0 Å². The summed E-state index contributed by atoms with van der Waals surface area (Å²) >= 11 is 3.40. The summed E-state index contributed by atoms with van der Waals surface area (Å²) in [6.45, 7) is 3.49. The van der Waals surface area contributed by atoms with Crippen LogP contribution < -0.4 is 5.32 Å². The number of nitrogens with one attached hydrogen (secondary N) is 1. The Morgan fingerprint density at radius 2 is 2.06 bits per heavy atom. The van der Waals surface area contributed by atoms with Crippen LogP contribution in [0.25, 0.3) is 0 Å². The van der Waals surface area contributed by atoms with Crippen molar-refractivity contribution < 1.29 is 4.79 Å². The Labute approximate surface area is 117 Å². The molecule has 0 saturated carbocycles. The number of carbonyl (C=O) groups excluding carboxylic acids is 1. The van der Waals surface area contributed by atoms with E-state index in [-0.39, 0.29) is 18.3 Å². The normalized spacial score (nSPS) is 9.65. The third kappa shape index (κ3) is 5.06. The first-order valence-corrected chi connectivity index (χ1v) is 6.01. The average Bonchev–Trinajstić information content (AvgIpc) is 2.23. The Morgan fingerprint density at radius 3 is 2.59 bits per heavy atom. The summed E-state index contributed by atoms with van der Waals surface area (Å²) < 4.78 is 0.942. The number of aryl methyl sites for hydroxylation is 1. The molecule has 0 saturated heterocycles. The van der Waals surface area contributed by atoms with Gasteiger partial charge in [0, 0.05) is 30.2 Å². The molecule has 0 radical (unpaired) electrons. The molecule has 0 atom stereocenters. The van der Waals surface area contributed by atoms with E-state index in [4.69, 9.17) is 0 Å². The Balaban J connectivity index is 0.00000256. The van der Waals surface area contributed by atoms with Gasteiger partial charge < -0.3 is 10.2 Å². The molecule has 96 valence electrons. The lowest BCUT2D eigenvalue weighted by molar-refractivity contribution is 0.0796. The topological polar surface area (TPSA) is 32.3 Å². The first-order valence-electron chi connectivity index (χ1n) is 5.22. The van der Waals surface area contributed by atoms with Crippen LogP contribution in [0.15, 0.2) is 22.7 Å². The molecule has 1 aromatic carbocycles. The molecule has 3 nitrogen and oxygen atoms in total. The van der Waals surface area contributed by atoms with Gasteiger partial charge in [0.2, 0.25) is 0 Å². The van der Waals surface area contributed by atoms with Gasteiger partial charge in [-0.3, -0.25) is 4.79 Å². The van der Waals surface area contributed by atoms with E-state index >= 15 is 0 Å². The van der Waals surface area contributed by atoms with E-state index in [2.05, 4.69) is 21.2 Å². The summed E-state index contributed by atoms with van der Waals surface area (Å²) in [7, 11) is 3.69. The number of nitrogens with zero attached hydrogens (tertiary/aromatic N) is 1. The fourth-order valence-electron chi connectivity index (χ4n) is 1.46.